The van der Waals surface area contributed by atoms with Crippen LogP contribution in [0.15, 0.2) is 84.0 Å². The Morgan fingerprint density at radius 2 is 0.866 bits per heavy atom. The molecule has 2 aromatic rings. The Labute approximate surface area is 414 Å². The second-order valence-corrected chi connectivity index (χ2v) is 22.4. The molecule has 0 bridgehead atoms. The third-order valence-electron chi connectivity index (χ3n) is 18.8. The van der Waals surface area contributed by atoms with E-state index < -0.39 is 0 Å². The van der Waals surface area contributed by atoms with Gasteiger partial charge < -0.3 is 19.8 Å². The van der Waals surface area contributed by atoms with Crippen LogP contribution < -0.4 is 0 Å². The van der Waals surface area contributed by atoms with Gasteiger partial charge in [-0.1, -0.05) is 86.4 Å². The smallest absolute Gasteiger partial charge is 0.247 e. The molecule has 8 nitrogen and oxygen atoms in total. The van der Waals surface area contributed by atoms with Gasteiger partial charge in [0.2, 0.25) is 23.1 Å². The SMILES string of the molecule is CC(=[OH+])[CH-]C(=[OH+])c1ccccc1.CC(=[OH+])[CH-]C(=[OH+])c1ccccc1.CC12CCC(=O)C=C1CCC1C2CCC2(C)C([OH2+])CCC12.CC12CCC(=O)C=C1CCC1C2CCC2(C)C([OH2+])CCC12.[Ti]. The van der Waals surface area contributed by atoms with E-state index in [9.17, 15) is 19.2 Å². The van der Waals surface area contributed by atoms with Gasteiger partial charge in [0.25, 0.3) is 0 Å². The van der Waals surface area contributed by atoms with Gasteiger partial charge in [0.15, 0.2) is 23.8 Å². The summed E-state index contributed by atoms with van der Waals surface area (Å²) >= 11 is 0. The zero-order valence-electron chi connectivity index (χ0n) is 41.1. The van der Waals surface area contributed by atoms with Crippen LogP contribution in [-0.4, -0.2) is 76.3 Å². The van der Waals surface area contributed by atoms with Crippen molar-refractivity contribution in [3.63, 3.8) is 0 Å². The van der Waals surface area contributed by atoms with Crippen LogP contribution in [0.4, 0.5) is 0 Å². The molecule has 6 saturated carbocycles. The molecule has 9 heteroatoms. The molecule has 6 fully saturated rings. The summed E-state index contributed by atoms with van der Waals surface area (Å²) in [7, 11) is 0. The van der Waals surface area contributed by atoms with Crippen LogP contribution in [0.3, 0.4) is 0 Å². The average Bonchev–Trinajstić information content (AvgIpc) is 3.78. The van der Waals surface area contributed by atoms with Gasteiger partial charge in [0.1, 0.15) is 0 Å². The molecular weight excluding hydrogens is 872 g/mol. The number of hydrogen-bond donors (Lipinski definition) is 0. The van der Waals surface area contributed by atoms with Crippen molar-refractivity contribution in [1.29, 1.82) is 0 Å². The molecule has 12 atom stereocenters. The van der Waals surface area contributed by atoms with Crippen LogP contribution >= 0.6 is 0 Å². The first-order valence-electron chi connectivity index (χ1n) is 25.2. The second kappa shape index (κ2) is 21.5. The van der Waals surface area contributed by atoms with Crippen LogP contribution in [0.1, 0.15) is 155 Å². The molecule has 0 aromatic heterocycles. The molecule has 360 valence electrons. The van der Waals surface area contributed by atoms with Gasteiger partial charge >= 0.3 is 0 Å². The summed E-state index contributed by atoms with van der Waals surface area (Å²) in [5, 5.41) is 16.9. The minimum Gasteiger partial charge on any atom is -0.443 e. The van der Waals surface area contributed by atoms with Crippen molar-refractivity contribution in [3.8, 4) is 0 Å². The Kier molecular flexibility index (Phi) is 16.9. The minimum atomic E-state index is 0. The third kappa shape index (κ3) is 10.9. The number of carbonyl (C=O) groups is 2. The number of ketones is 6. The van der Waals surface area contributed by atoms with Gasteiger partial charge in [-0.15, -0.1) is 24.3 Å². The molecule has 0 heterocycles. The van der Waals surface area contributed by atoms with Gasteiger partial charge in [0.05, 0.1) is 0 Å². The molecule has 0 amide bonds. The first-order chi connectivity index (χ1) is 31.3. The molecule has 2 aromatic carbocycles. The predicted octanol–water partition coefficient (Wildman–Crippen LogP) is 9.92. The first-order valence-corrected chi connectivity index (χ1v) is 25.2. The van der Waals surface area contributed by atoms with Crippen molar-refractivity contribution < 1.29 is 60.7 Å². The summed E-state index contributed by atoms with van der Waals surface area (Å²) in [6, 6.07) is 18.1. The molecule has 67 heavy (non-hydrogen) atoms. The van der Waals surface area contributed by atoms with Crippen molar-refractivity contribution in [2.24, 2.45) is 57.2 Å². The summed E-state index contributed by atoms with van der Waals surface area (Å²) in [6.45, 7) is 12.7. The molecular formula is C58H80O8Ti+4. The van der Waals surface area contributed by atoms with E-state index in [1.54, 1.807) is 24.3 Å². The van der Waals surface area contributed by atoms with E-state index >= 15 is 0 Å². The fourth-order valence-corrected chi connectivity index (χ4v) is 14.9. The van der Waals surface area contributed by atoms with Crippen molar-refractivity contribution in [1.82, 2.24) is 0 Å². The van der Waals surface area contributed by atoms with Gasteiger partial charge in [-0.25, -0.2) is 0 Å². The van der Waals surface area contributed by atoms with Crippen molar-refractivity contribution >= 4 is 34.7 Å². The van der Waals surface area contributed by atoms with Crippen LogP contribution in [0.5, 0.6) is 0 Å². The van der Waals surface area contributed by atoms with E-state index in [1.165, 1.54) is 89.2 Å². The number of fused-ring (bicyclic) bond motifs is 10. The Morgan fingerprint density at radius 3 is 1.21 bits per heavy atom. The Hall–Kier alpha value is -3.69. The molecule has 0 spiro atoms. The minimum absolute atomic E-state index is 0. The van der Waals surface area contributed by atoms with E-state index in [0.717, 1.165) is 86.9 Å². The monoisotopic (exact) mass is 953 g/mol. The second-order valence-electron chi connectivity index (χ2n) is 22.4. The first kappa shape index (κ1) is 52.7. The third-order valence-corrected chi connectivity index (χ3v) is 18.8. The zero-order valence-corrected chi connectivity index (χ0v) is 42.7. The van der Waals surface area contributed by atoms with E-state index in [-0.39, 0.29) is 78.7 Å². The quantitative estimate of drug-likeness (QED) is 0.0926. The molecule has 0 saturated heterocycles. The van der Waals surface area contributed by atoms with Crippen LogP contribution in [0.2, 0.25) is 0 Å². The molecule has 8 N–H and O–H groups in total. The Bertz CT molecular complexity index is 2060. The number of rotatable bonds is 6. The largest absolute Gasteiger partial charge is 0.443 e. The normalized spacial score (nSPS) is 36.3. The molecule has 8 aliphatic rings. The van der Waals surface area contributed by atoms with Crippen LogP contribution in [-0.2, 0) is 31.3 Å². The molecule has 0 aliphatic heterocycles. The van der Waals surface area contributed by atoms with E-state index in [1.807, 2.05) is 48.6 Å². The van der Waals surface area contributed by atoms with Crippen LogP contribution in [0.25, 0.3) is 0 Å². The summed E-state index contributed by atoms with van der Waals surface area (Å²) < 4.78 is 0. The van der Waals surface area contributed by atoms with Gasteiger partial charge in [0, 0.05) is 72.1 Å². The number of hydrogen-bond acceptors (Lipinski definition) is 2. The fraction of sp³-hybridized carbons (Fsp3) is 0.586. The molecule has 8 aliphatic carbocycles. The summed E-state index contributed by atoms with van der Waals surface area (Å²) in [5.74, 6) is 5.78. The summed E-state index contributed by atoms with van der Waals surface area (Å²) in [5.41, 5.74) is 5.47. The number of benzene rings is 2. The summed E-state index contributed by atoms with van der Waals surface area (Å²) in [6.07, 6.45) is 25.3. The zero-order chi connectivity index (χ0) is 47.6. The maximum absolute atomic E-state index is 11.8. The topological polar surface area (TPSA) is 166 Å². The van der Waals surface area contributed by atoms with E-state index in [4.69, 9.17) is 19.8 Å². The van der Waals surface area contributed by atoms with E-state index in [0.29, 0.717) is 22.7 Å². The molecule has 12 unspecified atom stereocenters. The number of carbonyl (C=O) groups excluding carboxylic acids is 6. The van der Waals surface area contributed by atoms with Crippen molar-refractivity contribution in [2.75, 3.05) is 0 Å². The van der Waals surface area contributed by atoms with Gasteiger partial charge in [-0.3, -0.25) is 19.2 Å². The standard InChI is InChI=1S/2C19H28O2.2C10H9O2.Ti/c2*1-18-9-7-13(20)11-12(18)3-4-14-15-5-6-17(21)19(15,2)10-8-16(14)18;2*1-8(11)7-10(12)9-5-3-2-4-6-9;/h2*11,14-17,21H,3-10H2,1-2H3;2*2-7H,1H3;/q;;2*-1;/p+6. The van der Waals surface area contributed by atoms with Crippen molar-refractivity contribution in [2.45, 2.75) is 156 Å². The molecule has 0 radical (unpaired) electrons. The fourth-order valence-electron chi connectivity index (χ4n) is 14.9. The predicted molar refractivity (Wildman–Crippen MR) is 267 cm³/mol. The maximum atomic E-state index is 11.8. The summed E-state index contributed by atoms with van der Waals surface area (Å²) in [4.78, 5) is 60.1. The molecule has 10 rings (SSSR count). The van der Waals surface area contributed by atoms with Gasteiger partial charge in [-0.2, -0.15) is 0 Å². The average molecular weight is 953 g/mol. The maximum Gasteiger partial charge on any atom is 0.247 e. The van der Waals surface area contributed by atoms with Crippen LogP contribution in [0, 0.1) is 70.0 Å². The Balaban J connectivity index is 0.000000152. The van der Waals surface area contributed by atoms with Crippen molar-refractivity contribution in [3.05, 3.63) is 108 Å². The Morgan fingerprint density at radius 1 is 0.507 bits per heavy atom. The van der Waals surface area contributed by atoms with E-state index in [2.05, 4.69) is 27.7 Å². The number of allylic oxidation sites excluding steroid dienone is 2. The van der Waals surface area contributed by atoms with Gasteiger partial charge in [-0.05, 0) is 148 Å².